The number of nitrogens with zero attached hydrogens (tertiary/aromatic N) is 2. The molecule has 3 fully saturated rings. The van der Waals surface area contributed by atoms with Crippen LogP contribution < -0.4 is 10.6 Å². The minimum Gasteiger partial charge on any atom is -0.458 e. The lowest BCUT2D eigenvalue weighted by atomic mass is 10.1. The summed E-state index contributed by atoms with van der Waals surface area (Å²) in [5.41, 5.74) is 0. The molecule has 3 saturated heterocycles. The molecule has 2 bridgehead atoms. The van der Waals surface area contributed by atoms with Crippen LogP contribution in [0, 0.1) is 0 Å². The number of allylic oxidation sites excluding steroid dienone is 1. The smallest absolute Gasteiger partial charge is 0.231 e. The van der Waals surface area contributed by atoms with Gasteiger partial charge in [0.15, 0.2) is 0 Å². The van der Waals surface area contributed by atoms with Gasteiger partial charge >= 0.3 is 0 Å². The fourth-order valence-electron chi connectivity index (χ4n) is 3.77. The molecule has 0 aromatic heterocycles. The summed E-state index contributed by atoms with van der Waals surface area (Å²) in [6.45, 7) is 7.07. The highest BCUT2D eigenvalue weighted by atomic mass is 16.5. The molecule has 0 amide bonds. The molecule has 2 atom stereocenters. The fourth-order valence-corrected chi connectivity index (χ4v) is 3.77. The maximum atomic E-state index is 6.17. The first-order valence-electron chi connectivity index (χ1n) is 7.70. The van der Waals surface area contributed by atoms with Crippen LogP contribution in [0.15, 0.2) is 11.6 Å². The Bertz CT molecular complexity index is 389. The molecule has 5 heterocycles. The Morgan fingerprint density at radius 1 is 1.05 bits per heavy atom. The molecule has 19 heavy (non-hydrogen) atoms. The molecule has 5 rings (SSSR count). The molecule has 2 N–H and O–H groups in total. The zero-order valence-corrected chi connectivity index (χ0v) is 11.7. The monoisotopic (exact) mass is 264 g/mol. The summed E-state index contributed by atoms with van der Waals surface area (Å²) in [4.78, 5) is 5.12. The van der Waals surface area contributed by atoms with Crippen LogP contribution in [0.4, 0.5) is 0 Å². The van der Waals surface area contributed by atoms with E-state index in [1.807, 2.05) is 0 Å². The van der Waals surface area contributed by atoms with Gasteiger partial charge in [0, 0.05) is 31.6 Å². The highest BCUT2D eigenvalue weighted by molar-refractivity contribution is 5.14. The van der Waals surface area contributed by atoms with E-state index in [1.54, 1.807) is 0 Å². The van der Waals surface area contributed by atoms with Crippen LogP contribution in [0.1, 0.15) is 32.6 Å². The number of fused-ring (bicyclic) bond motifs is 4. The first-order valence-corrected chi connectivity index (χ1v) is 7.70. The Hall–Kier alpha value is -0.940. The largest absolute Gasteiger partial charge is 0.458 e. The van der Waals surface area contributed by atoms with Gasteiger partial charge in [-0.3, -0.25) is 0 Å². The molecule has 0 radical (unpaired) electrons. The highest BCUT2D eigenvalue weighted by Crippen LogP contribution is 2.29. The van der Waals surface area contributed by atoms with Crippen molar-refractivity contribution in [1.82, 2.24) is 20.4 Å². The minimum absolute atomic E-state index is 0.0610. The van der Waals surface area contributed by atoms with Crippen molar-refractivity contribution in [3.8, 4) is 0 Å². The average molecular weight is 264 g/mol. The highest BCUT2D eigenvalue weighted by Gasteiger charge is 2.38. The van der Waals surface area contributed by atoms with Crippen LogP contribution in [0.25, 0.3) is 0 Å². The summed E-state index contributed by atoms with van der Waals surface area (Å²) >= 11 is 0. The van der Waals surface area contributed by atoms with Gasteiger partial charge in [-0.15, -0.1) is 0 Å². The van der Waals surface area contributed by atoms with Crippen LogP contribution >= 0.6 is 0 Å². The molecule has 5 nitrogen and oxygen atoms in total. The van der Waals surface area contributed by atoms with Gasteiger partial charge in [0.05, 0.1) is 0 Å². The summed E-state index contributed by atoms with van der Waals surface area (Å²) in [5.74, 6) is 2.28. The molecule has 5 aliphatic rings. The van der Waals surface area contributed by atoms with Crippen molar-refractivity contribution in [3.63, 3.8) is 0 Å². The van der Waals surface area contributed by atoms with Crippen LogP contribution in [0.5, 0.6) is 0 Å². The second-order valence-electron chi connectivity index (χ2n) is 6.31. The van der Waals surface area contributed by atoms with Gasteiger partial charge in [0.25, 0.3) is 0 Å². The molecule has 106 valence electrons. The van der Waals surface area contributed by atoms with E-state index in [-0.39, 0.29) is 6.35 Å². The van der Waals surface area contributed by atoms with E-state index in [4.69, 9.17) is 4.74 Å². The van der Waals surface area contributed by atoms with E-state index in [9.17, 15) is 0 Å². The molecule has 0 aromatic carbocycles. The van der Waals surface area contributed by atoms with Crippen molar-refractivity contribution in [2.24, 2.45) is 0 Å². The number of nitrogens with one attached hydrogen (secondary N) is 2. The lowest BCUT2D eigenvalue weighted by Gasteiger charge is -2.34. The standard InChI is InChI=1S/C14H24N4O/c1-10-2-3-12-13(15-10)16-14(19-12)18-9-8-17-6-4-11(18)5-7-17/h10-11,14-16H,2-9H2,1H3/t10-,14+/m0/s1. The second-order valence-corrected chi connectivity index (χ2v) is 6.31. The number of hydrogen-bond donors (Lipinski definition) is 2. The first-order chi connectivity index (χ1) is 9.29. The van der Waals surface area contributed by atoms with Crippen molar-refractivity contribution in [2.45, 2.75) is 51.0 Å². The Kier molecular flexibility index (Phi) is 2.84. The van der Waals surface area contributed by atoms with Crippen molar-refractivity contribution in [3.05, 3.63) is 11.6 Å². The lowest BCUT2D eigenvalue weighted by Crippen LogP contribution is -2.50. The Morgan fingerprint density at radius 2 is 1.89 bits per heavy atom. The zero-order chi connectivity index (χ0) is 12.8. The molecular weight excluding hydrogens is 240 g/mol. The van der Waals surface area contributed by atoms with Crippen molar-refractivity contribution >= 4 is 0 Å². The summed E-state index contributed by atoms with van der Waals surface area (Å²) in [7, 11) is 0. The summed E-state index contributed by atoms with van der Waals surface area (Å²) in [6, 6.07) is 1.25. The van der Waals surface area contributed by atoms with E-state index in [0.29, 0.717) is 12.1 Å². The van der Waals surface area contributed by atoms with Crippen LogP contribution in [-0.2, 0) is 4.74 Å². The van der Waals surface area contributed by atoms with Gasteiger partial charge in [-0.2, -0.15) is 0 Å². The summed E-state index contributed by atoms with van der Waals surface area (Å²) < 4.78 is 6.17. The molecule has 0 saturated carbocycles. The maximum Gasteiger partial charge on any atom is 0.231 e. The number of rotatable bonds is 1. The number of ether oxygens (including phenoxy) is 1. The molecule has 0 aromatic rings. The van der Waals surface area contributed by atoms with E-state index in [2.05, 4.69) is 27.4 Å². The third-order valence-corrected chi connectivity index (χ3v) is 5.00. The first kappa shape index (κ1) is 11.9. The number of piperidine rings is 1. The van der Waals surface area contributed by atoms with Gasteiger partial charge in [0.1, 0.15) is 11.6 Å². The molecule has 0 aliphatic carbocycles. The Morgan fingerprint density at radius 3 is 2.74 bits per heavy atom. The van der Waals surface area contributed by atoms with E-state index in [0.717, 1.165) is 24.5 Å². The average Bonchev–Trinajstić information content (AvgIpc) is 2.61. The lowest BCUT2D eigenvalue weighted by molar-refractivity contribution is -0.0428. The number of hydrogen-bond acceptors (Lipinski definition) is 5. The van der Waals surface area contributed by atoms with Gasteiger partial charge in [0.2, 0.25) is 6.35 Å². The molecule has 5 aliphatic heterocycles. The summed E-state index contributed by atoms with van der Waals surface area (Å²) in [6.07, 6.45) is 4.87. The van der Waals surface area contributed by atoms with Gasteiger partial charge in [-0.1, -0.05) is 0 Å². The van der Waals surface area contributed by atoms with Gasteiger partial charge in [-0.25, -0.2) is 4.90 Å². The molecule has 5 heteroatoms. The Labute approximate surface area is 115 Å². The van der Waals surface area contributed by atoms with Crippen LogP contribution in [0.3, 0.4) is 0 Å². The predicted octanol–water partition coefficient (Wildman–Crippen LogP) is 0.611. The molecule has 0 unspecified atom stereocenters. The predicted molar refractivity (Wildman–Crippen MR) is 73.0 cm³/mol. The van der Waals surface area contributed by atoms with Gasteiger partial charge in [-0.05, 0) is 39.3 Å². The van der Waals surface area contributed by atoms with Crippen molar-refractivity contribution in [1.29, 1.82) is 0 Å². The quantitative estimate of drug-likeness (QED) is 0.726. The molecular formula is C14H24N4O. The topological polar surface area (TPSA) is 39.8 Å². The van der Waals surface area contributed by atoms with Crippen LogP contribution in [0.2, 0.25) is 0 Å². The minimum atomic E-state index is 0.0610. The Balaban J connectivity index is 1.47. The van der Waals surface area contributed by atoms with E-state index < -0.39 is 0 Å². The third kappa shape index (κ3) is 2.09. The molecule has 0 spiro atoms. The summed E-state index contributed by atoms with van der Waals surface area (Å²) in [5, 5.41) is 7.07. The van der Waals surface area contributed by atoms with Crippen LogP contribution in [-0.4, -0.2) is 54.4 Å². The zero-order valence-electron chi connectivity index (χ0n) is 11.7. The van der Waals surface area contributed by atoms with Crippen molar-refractivity contribution in [2.75, 3.05) is 26.2 Å². The van der Waals surface area contributed by atoms with Crippen molar-refractivity contribution < 1.29 is 4.74 Å². The van der Waals surface area contributed by atoms with E-state index >= 15 is 0 Å². The fraction of sp³-hybridized carbons (Fsp3) is 0.857. The third-order valence-electron chi connectivity index (χ3n) is 5.00. The second kappa shape index (κ2) is 4.56. The normalized spacial score (nSPS) is 42.2. The maximum absolute atomic E-state index is 6.17. The van der Waals surface area contributed by atoms with Gasteiger partial charge < -0.3 is 20.3 Å². The SMILES string of the molecule is C[C@H]1CCC2=C(N1)N[C@H](N1CCN3CCC1CC3)O2. The van der Waals surface area contributed by atoms with E-state index in [1.165, 1.54) is 38.9 Å².